The van der Waals surface area contributed by atoms with Gasteiger partial charge in [-0.25, -0.2) is 4.79 Å². The van der Waals surface area contributed by atoms with Crippen molar-refractivity contribution in [3.05, 3.63) is 29.0 Å². The highest BCUT2D eigenvalue weighted by Crippen LogP contribution is 2.18. The first-order valence-electron chi connectivity index (χ1n) is 2.65. The molecule has 0 atom stereocenters. The zero-order chi connectivity index (χ0) is 7.40. The van der Waals surface area contributed by atoms with Gasteiger partial charge in [0, 0.05) is 0 Å². The van der Waals surface area contributed by atoms with Crippen LogP contribution >= 0.6 is 11.3 Å². The Bertz CT molecular complexity index is 270. The van der Waals surface area contributed by atoms with Crippen LogP contribution in [0, 0.1) is 0 Å². The van der Waals surface area contributed by atoms with E-state index in [1.165, 1.54) is 17.4 Å². The zero-order valence-corrected chi connectivity index (χ0v) is 6.02. The average molecular weight is 151 g/mol. The lowest BCUT2D eigenvalue weighted by atomic mass is 10.4. The van der Waals surface area contributed by atoms with Crippen LogP contribution in [-0.2, 0) is 4.79 Å². The number of thiophene rings is 1. The van der Waals surface area contributed by atoms with Crippen LogP contribution in [0.15, 0.2) is 29.1 Å². The Morgan fingerprint density at radius 2 is 2.60 bits per heavy atom. The lowest BCUT2D eigenvalue weighted by Crippen LogP contribution is -1.67. The van der Waals surface area contributed by atoms with Gasteiger partial charge in [0.2, 0.25) is 6.08 Å². The Balaban J connectivity index is 2.87. The topological polar surface area (TPSA) is 29.4 Å². The number of hydrogen-bond acceptors (Lipinski definition) is 3. The molecule has 0 radical (unpaired) electrons. The third kappa shape index (κ3) is 1.41. The van der Waals surface area contributed by atoms with Crippen LogP contribution in [-0.4, -0.2) is 6.08 Å². The van der Waals surface area contributed by atoms with Crippen LogP contribution < -0.4 is 0 Å². The quantitative estimate of drug-likeness (QED) is 0.470. The molecule has 0 aromatic carbocycles. The van der Waals surface area contributed by atoms with Gasteiger partial charge in [0.1, 0.15) is 0 Å². The van der Waals surface area contributed by atoms with E-state index in [1.807, 2.05) is 17.5 Å². The maximum absolute atomic E-state index is 9.76. The van der Waals surface area contributed by atoms with E-state index in [2.05, 4.69) is 11.6 Å². The average Bonchev–Trinajstić information content (AvgIpc) is 2.38. The third-order valence-corrected chi connectivity index (χ3v) is 1.91. The summed E-state index contributed by atoms with van der Waals surface area (Å²) in [5.41, 5.74) is 0.477. The summed E-state index contributed by atoms with van der Waals surface area (Å²) >= 11 is 1.50. The standard InChI is InChI=1S/C7H5NOS/c1-6(8-5-9)7-3-2-4-10-7/h2-4H,1H2. The molecule has 0 saturated heterocycles. The van der Waals surface area contributed by atoms with Crippen molar-refractivity contribution in [3.63, 3.8) is 0 Å². The highest BCUT2D eigenvalue weighted by atomic mass is 32.1. The fourth-order valence-corrected chi connectivity index (χ4v) is 1.20. The van der Waals surface area contributed by atoms with Crippen LogP contribution in [0.4, 0.5) is 0 Å². The minimum absolute atomic E-state index is 0.477. The van der Waals surface area contributed by atoms with Gasteiger partial charge in [0.05, 0.1) is 10.6 Å². The number of rotatable bonds is 2. The SMILES string of the molecule is C=C(N=C=O)c1cccs1. The first-order chi connectivity index (χ1) is 4.84. The molecular weight excluding hydrogens is 146 g/mol. The van der Waals surface area contributed by atoms with Gasteiger partial charge in [-0.05, 0) is 11.4 Å². The van der Waals surface area contributed by atoms with Gasteiger partial charge in [-0.2, -0.15) is 4.99 Å². The van der Waals surface area contributed by atoms with Crippen LogP contribution in [0.2, 0.25) is 0 Å². The minimum atomic E-state index is 0.477. The molecule has 10 heavy (non-hydrogen) atoms. The monoisotopic (exact) mass is 151 g/mol. The van der Waals surface area contributed by atoms with E-state index in [0.717, 1.165) is 4.88 Å². The van der Waals surface area contributed by atoms with Crippen LogP contribution in [0.1, 0.15) is 4.88 Å². The molecule has 0 aliphatic carbocycles. The summed E-state index contributed by atoms with van der Waals surface area (Å²) in [4.78, 5) is 14.0. The second-order valence-electron chi connectivity index (χ2n) is 1.63. The molecule has 1 heterocycles. The van der Waals surface area contributed by atoms with Gasteiger partial charge in [0.15, 0.2) is 0 Å². The molecule has 3 heteroatoms. The summed E-state index contributed by atoms with van der Waals surface area (Å²) in [6.07, 6.45) is 1.44. The van der Waals surface area contributed by atoms with E-state index in [-0.39, 0.29) is 0 Å². The molecule has 1 rings (SSSR count). The minimum Gasteiger partial charge on any atom is -0.211 e. The van der Waals surface area contributed by atoms with Crippen molar-refractivity contribution in [2.24, 2.45) is 4.99 Å². The second-order valence-corrected chi connectivity index (χ2v) is 2.57. The van der Waals surface area contributed by atoms with E-state index < -0.39 is 0 Å². The highest BCUT2D eigenvalue weighted by Gasteiger charge is 1.94. The van der Waals surface area contributed by atoms with E-state index in [4.69, 9.17) is 0 Å². The van der Waals surface area contributed by atoms with Crippen molar-refractivity contribution in [2.45, 2.75) is 0 Å². The van der Waals surface area contributed by atoms with Gasteiger partial charge in [-0.15, -0.1) is 11.3 Å². The molecule has 1 aromatic rings. The lowest BCUT2D eigenvalue weighted by Gasteiger charge is -1.86. The largest absolute Gasteiger partial charge is 0.240 e. The molecule has 0 fully saturated rings. The molecule has 0 N–H and O–H groups in total. The maximum atomic E-state index is 9.76. The zero-order valence-electron chi connectivity index (χ0n) is 5.20. The molecule has 1 aromatic heterocycles. The number of isocyanates is 1. The summed E-state index contributed by atoms with van der Waals surface area (Å²) < 4.78 is 0. The summed E-state index contributed by atoms with van der Waals surface area (Å²) in [6, 6.07) is 3.74. The molecule has 0 unspecified atom stereocenters. The van der Waals surface area contributed by atoms with Crippen LogP contribution in [0.3, 0.4) is 0 Å². The summed E-state index contributed by atoms with van der Waals surface area (Å²) in [7, 11) is 0. The van der Waals surface area contributed by atoms with Crippen molar-refractivity contribution >= 4 is 23.1 Å². The Kier molecular flexibility index (Phi) is 2.15. The van der Waals surface area contributed by atoms with Crippen molar-refractivity contribution in [3.8, 4) is 0 Å². The first kappa shape index (κ1) is 6.93. The third-order valence-electron chi connectivity index (χ3n) is 0.986. The predicted octanol–water partition coefficient (Wildman–Crippen LogP) is 2.05. The van der Waals surface area contributed by atoms with Crippen LogP contribution in [0.25, 0.3) is 5.70 Å². The smallest absolute Gasteiger partial charge is 0.211 e. The van der Waals surface area contributed by atoms with Crippen molar-refractivity contribution < 1.29 is 4.79 Å². The normalized spacial score (nSPS) is 8.40. The maximum Gasteiger partial charge on any atom is 0.240 e. The molecule has 0 bridgehead atoms. The van der Waals surface area contributed by atoms with Gasteiger partial charge in [0.25, 0.3) is 0 Å². The van der Waals surface area contributed by atoms with E-state index >= 15 is 0 Å². The number of nitrogens with zero attached hydrogens (tertiary/aromatic N) is 1. The fraction of sp³-hybridized carbons (Fsp3) is 0. The molecule has 0 saturated carbocycles. The molecule has 0 spiro atoms. The summed E-state index contributed by atoms with van der Waals surface area (Å²) in [5, 5.41) is 1.90. The number of aliphatic imine (C=N–C) groups is 1. The lowest BCUT2D eigenvalue weighted by molar-refractivity contribution is 0.565. The fourth-order valence-electron chi connectivity index (χ4n) is 0.553. The van der Waals surface area contributed by atoms with Crippen molar-refractivity contribution in [1.82, 2.24) is 0 Å². The molecule has 2 nitrogen and oxygen atoms in total. The molecule has 0 amide bonds. The highest BCUT2D eigenvalue weighted by molar-refractivity contribution is 7.11. The van der Waals surface area contributed by atoms with Gasteiger partial charge < -0.3 is 0 Å². The van der Waals surface area contributed by atoms with E-state index in [9.17, 15) is 4.79 Å². The predicted molar refractivity (Wildman–Crippen MR) is 41.5 cm³/mol. The Hall–Kier alpha value is -1.18. The van der Waals surface area contributed by atoms with Gasteiger partial charge in [-0.1, -0.05) is 12.6 Å². The van der Waals surface area contributed by atoms with E-state index in [0.29, 0.717) is 5.70 Å². The molecular formula is C7H5NOS. The second kappa shape index (κ2) is 3.11. The van der Waals surface area contributed by atoms with Crippen molar-refractivity contribution in [2.75, 3.05) is 0 Å². The Labute approximate surface area is 62.5 Å². The molecule has 50 valence electrons. The van der Waals surface area contributed by atoms with Gasteiger partial charge >= 0.3 is 0 Å². The van der Waals surface area contributed by atoms with Gasteiger partial charge in [-0.3, -0.25) is 0 Å². The summed E-state index contributed by atoms with van der Waals surface area (Å²) in [6.45, 7) is 3.57. The number of carbonyl (C=O) groups excluding carboxylic acids is 1. The van der Waals surface area contributed by atoms with Crippen LogP contribution in [0.5, 0.6) is 0 Å². The number of hydrogen-bond donors (Lipinski definition) is 0. The molecule has 0 aliphatic rings. The Morgan fingerprint density at radius 3 is 3.10 bits per heavy atom. The van der Waals surface area contributed by atoms with Crippen molar-refractivity contribution in [1.29, 1.82) is 0 Å². The Morgan fingerprint density at radius 1 is 1.80 bits per heavy atom. The summed E-state index contributed by atoms with van der Waals surface area (Å²) in [5.74, 6) is 0. The van der Waals surface area contributed by atoms with E-state index in [1.54, 1.807) is 0 Å². The first-order valence-corrected chi connectivity index (χ1v) is 3.53. The molecule has 0 aliphatic heterocycles.